The lowest BCUT2D eigenvalue weighted by molar-refractivity contribution is -0.116. The predicted octanol–water partition coefficient (Wildman–Crippen LogP) is 3.67. The first-order valence-electron chi connectivity index (χ1n) is 7.73. The third-order valence-corrected chi connectivity index (χ3v) is 3.96. The molecular weight excluding hydrogens is 300 g/mol. The SMILES string of the molecule is O=C(Cn1c(-c2ccccc2)cc2ccccc21)Nc1cn[nH]c1. The summed E-state index contributed by atoms with van der Waals surface area (Å²) in [5.41, 5.74) is 3.82. The van der Waals surface area contributed by atoms with Crippen molar-refractivity contribution < 1.29 is 4.79 Å². The average molecular weight is 316 g/mol. The van der Waals surface area contributed by atoms with Crippen LogP contribution in [0.4, 0.5) is 5.69 Å². The number of benzene rings is 2. The van der Waals surface area contributed by atoms with E-state index in [4.69, 9.17) is 0 Å². The number of carbonyl (C=O) groups excluding carboxylic acids is 1. The van der Waals surface area contributed by atoms with Crippen molar-refractivity contribution in [3.63, 3.8) is 0 Å². The van der Waals surface area contributed by atoms with Crippen LogP contribution >= 0.6 is 0 Å². The Balaban J connectivity index is 1.74. The molecule has 0 bridgehead atoms. The number of carbonyl (C=O) groups is 1. The van der Waals surface area contributed by atoms with Crippen LogP contribution in [0.15, 0.2) is 73.1 Å². The number of aromatic amines is 1. The third-order valence-electron chi connectivity index (χ3n) is 3.96. The molecule has 1 amide bonds. The highest BCUT2D eigenvalue weighted by Crippen LogP contribution is 2.28. The molecule has 0 spiro atoms. The molecule has 0 aliphatic heterocycles. The largest absolute Gasteiger partial charge is 0.331 e. The minimum atomic E-state index is -0.0880. The number of amides is 1. The Hall–Kier alpha value is -3.34. The molecule has 24 heavy (non-hydrogen) atoms. The number of rotatable bonds is 4. The lowest BCUT2D eigenvalue weighted by Gasteiger charge is -2.11. The van der Waals surface area contributed by atoms with E-state index in [1.54, 1.807) is 12.4 Å². The van der Waals surface area contributed by atoms with E-state index in [1.807, 2.05) is 41.0 Å². The van der Waals surface area contributed by atoms with Gasteiger partial charge in [-0.05, 0) is 17.7 Å². The molecule has 4 rings (SSSR count). The molecule has 2 aromatic carbocycles. The second-order valence-electron chi connectivity index (χ2n) is 5.58. The molecular formula is C19H16N4O. The number of fused-ring (bicyclic) bond motifs is 1. The zero-order valence-corrected chi connectivity index (χ0v) is 12.9. The Morgan fingerprint density at radius 2 is 1.88 bits per heavy atom. The summed E-state index contributed by atoms with van der Waals surface area (Å²) in [6.07, 6.45) is 3.24. The predicted molar refractivity (Wildman–Crippen MR) is 94.6 cm³/mol. The van der Waals surface area contributed by atoms with Crippen molar-refractivity contribution in [3.8, 4) is 11.3 Å². The molecule has 0 fully saturated rings. The van der Waals surface area contributed by atoms with E-state index in [0.717, 1.165) is 22.2 Å². The van der Waals surface area contributed by atoms with Crippen LogP contribution in [0, 0.1) is 0 Å². The van der Waals surface area contributed by atoms with Crippen molar-refractivity contribution in [2.45, 2.75) is 6.54 Å². The Morgan fingerprint density at radius 3 is 2.67 bits per heavy atom. The number of hydrogen-bond acceptors (Lipinski definition) is 2. The van der Waals surface area contributed by atoms with Crippen molar-refractivity contribution >= 4 is 22.5 Å². The van der Waals surface area contributed by atoms with E-state index in [-0.39, 0.29) is 12.5 Å². The van der Waals surface area contributed by atoms with Crippen LogP contribution in [0.25, 0.3) is 22.2 Å². The standard InChI is InChI=1S/C19H16N4O/c24-19(22-16-11-20-21-12-16)13-23-17-9-5-4-8-15(17)10-18(23)14-6-2-1-3-7-14/h1-12H,13H2,(H,20,21)(H,22,24). The van der Waals surface area contributed by atoms with Gasteiger partial charge in [0, 0.05) is 22.8 Å². The number of nitrogens with one attached hydrogen (secondary N) is 2. The van der Waals surface area contributed by atoms with Crippen LogP contribution in [-0.4, -0.2) is 20.7 Å². The van der Waals surface area contributed by atoms with Crippen LogP contribution < -0.4 is 5.32 Å². The Labute approximate surface area is 138 Å². The normalized spacial score (nSPS) is 10.8. The van der Waals surface area contributed by atoms with Gasteiger partial charge in [-0.3, -0.25) is 9.89 Å². The number of anilines is 1. The summed E-state index contributed by atoms with van der Waals surface area (Å²) in [5.74, 6) is -0.0880. The zero-order chi connectivity index (χ0) is 16.4. The summed E-state index contributed by atoms with van der Waals surface area (Å²) in [4.78, 5) is 12.4. The highest BCUT2D eigenvalue weighted by Gasteiger charge is 2.13. The maximum Gasteiger partial charge on any atom is 0.244 e. The fourth-order valence-corrected chi connectivity index (χ4v) is 2.89. The number of hydrogen-bond donors (Lipinski definition) is 2. The van der Waals surface area contributed by atoms with Crippen LogP contribution in [0.2, 0.25) is 0 Å². The summed E-state index contributed by atoms with van der Waals surface area (Å²) in [5, 5.41) is 10.5. The first-order valence-corrected chi connectivity index (χ1v) is 7.73. The van der Waals surface area contributed by atoms with Gasteiger partial charge in [0.1, 0.15) is 6.54 Å². The number of aromatic nitrogens is 3. The van der Waals surface area contributed by atoms with Gasteiger partial charge in [0.15, 0.2) is 0 Å². The van der Waals surface area contributed by atoms with Gasteiger partial charge in [-0.1, -0.05) is 48.5 Å². The molecule has 5 nitrogen and oxygen atoms in total. The Kier molecular flexibility index (Phi) is 3.59. The summed E-state index contributed by atoms with van der Waals surface area (Å²) in [7, 11) is 0. The topological polar surface area (TPSA) is 62.7 Å². The molecule has 0 unspecified atom stereocenters. The molecule has 2 aromatic heterocycles. The quantitative estimate of drug-likeness (QED) is 0.603. The zero-order valence-electron chi connectivity index (χ0n) is 12.9. The molecule has 0 atom stereocenters. The molecule has 0 radical (unpaired) electrons. The summed E-state index contributed by atoms with van der Waals surface area (Å²) < 4.78 is 2.04. The first-order chi connectivity index (χ1) is 11.8. The molecule has 4 aromatic rings. The van der Waals surface area contributed by atoms with E-state index in [9.17, 15) is 4.79 Å². The monoisotopic (exact) mass is 316 g/mol. The van der Waals surface area contributed by atoms with Crippen LogP contribution in [-0.2, 0) is 11.3 Å². The third kappa shape index (κ3) is 2.67. The Bertz CT molecular complexity index is 971. The van der Waals surface area contributed by atoms with E-state index in [0.29, 0.717) is 5.69 Å². The number of para-hydroxylation sites is 1. The van der Waals surface area contributed by atoms with Gasteiger partial charge in [-0.15, -0.1) is 0 Å². The van der Waals surface area contributed by atoms with Crippen molar-refractivity contribution in [2.75, 3.05) is 5.32 Å². The van der Waals surface area contributed by atoms with Crippen molar-refractivity contribution in [3.05, 3.63) is 73.1 Å². The van der Waals surface area contributed by atoms with Crippen molar-refractivity contribution in [1.29, 1.82) is 0 Å². The average Bonchev–Trinajstić information content (AvgIpc) is 3.24. The van der Waals surface area contributed by atoms with Gasteiger partial charge < -0.3 is 9.88 Å². The van der Waals surface area contributed by atoms with E-state index in [2.05, 4.69) is 39.8 Å². The molecule has 0 saturated heterocycles. The van der Waals surface area contributed by atoms with E-state index < -0.39 is 0 Å². The van der Waals surface area contributed by atoms with Crippen LogP contribution in [0.3, 0.4) is 0 Å². The van der Waals surface area contributed by atoms with Gasteiger partial charge in [-0.2, -0.15) is 5.10 Å². The van der Waals surface area contributed by atoms with Gasteiger partial charge in [0.25, 0.3) is 0 Å². The molecule has 2 N–H and O–H groups in total. The van der Waals surface area contributed by atoms with Crippen molar-refractivity contribution in [2.24, 2.45) is 0 Å². The molecule has 0 aliphatic carbocycles. The fraction of sp³-hybridized carbons (Fsp3) is 0.0526. The van der Waals surface area contributed by atoms with Crippen LogP contribution in [0.5, 0.6) is 0 Å². The second kappa shape index (κ2) is 6.04. The summed E-state index contributed by atoms with van der Waals surface area (Å²) in [6.45, 7) is 0.239. The maximum atomic E-state index is 12.4. The van der Waals surface area contributed by atoms with Crippen LogP contribution in [0.1, 0.15) is 0 Å². The van der Waals surface area contributed by atoms with E-state index in [1.165, 1.54) is 0 Å². The molecule has 2 heterocycles. The molecule has 118 valence electrons. The van der Waals surface area contributed by atoms with Crippen molar-refractivity contribution in [1.82, 2.24) is 14.8 Å². The highest BCUT2D eigenvalue weighted by atomic mass is 16.1. The molecule has 5 heteroatoms. The van der Waals surface area contributed by atoms with Gasteiger partial charge in [0.2, 0.25) is 5.91 Å². The summed E-state index contributed by atoms with van der Waals surface area (Å²) in [6, 6.07) is 20.3. The van der Waals surface area contributed by atoms with Gasteiger partial charge in [0.05, 0.1) is 11.9 Å². The lowest BCUT2D eigenvalue weighted by atomic mass is 10.1. The lowest BCUT2D eigenvalue weighted by Crippen LogP contribution is -2.18. The smallest absolute Gasteiger partial charge is 0.244 e. The number of H-pyrrole nitrogens is 1. The van der Waals surface area contributed by atoms with Gasteiger partial charge in [-0.25, -0.2) is 0 Å². The first kappa shape index (κ1) is 14.3. The minimum absolute atomic E-state index is 0.0880. The summed E-state index contributed by atoms with van der Waals surface area (Å²) >= 11 is 0. The Morgan fingerprint density at radius 1 is 1.08 bits per heavy atom. The van der Waals surface area contributed by atoms with Gasteiger partial charge >= 0.3 is 0 Å². The maximum absolute atomic E-state index is 12.4. The molecule has 0 aliphatic rings. The number of nitrogens with zero attached hydrogens (tertiary/aromatic N) is 2. The minimum Gasteiger partial charge on any atom is -0.331 e. The second-order valence-corrected chi connectivity index (χ2v) is 5.58. The van der Waals surface area contributed by atoms with E-state index >= 15 is 0 Å². The molecule has 0 saturated carbocycles. The highest BCUT2D eigenvalue weighted by molar-refractivity contribution is 5.94. The fourth-order valence-electron chi connectivity index (χ4n) is 2.89.